The Morgan fingerprint density at radius 3 is 1.93 bits per heavy atom. The predicted molar refractivity (Wildman–Crippen MR) is 111 cm³/mol. The Labute approximate surface area is 169 Å². The van der Waals surface area contributed by atoms with Crippen LogP contribution in [-0.2, 0) is 9.53 Å². The molecule has 0 spiro atoms. The molecule has 0 aromatic heterocycles. The topological polar surface area (TPSA) is 72.5 Å². The van der Waals surface area contributed by atoms with Gasteiger partial charge in [-0.2, -0.15) is 0 Å². The van der Waals surface area contributed by atoms with E-state index in [4.69, 9.17) is 4.74 Å². The number of amides is 1. The van der Waals surface area contributed by atoms with E-state index in [0.29, 0.717) is 16.8 Å². The number of benzene rings is 3. The van der Waals surface area contributed by atoms with Crippen LogP contribution in [0.2, 0.25) is 0 Å². The summed E-state index contributed by atoms with van der Waals surface area (Å²) in [6.45, 7) is 3.46. The standard InChI is InChI=1S/C24H21NO4/c1-16-8-14-21(15-9-16)25-23(27)17(2)29-24(28)20-12-10-19(11-13-20)22(26)18-6-4-3-5-7-18/h3-15,17H,1-2H3,(H,25,27). The monoisotopic (exact) mass is 387 g/mol. The molecular formula is C24H21NO4. The molecule has 5 heteroatoms. The number of hydrogen-bond donors (Lipinski definition) is 1. The first-order valence-electron chi connectivity index (χ1n) is 9.22. The Kier molecular flexibility index (Phi) is 6.19. The average Bonchev–Trinajstić information content (AvgIpc) is 2.75. The maximum absolute atomic E-state index is 12.4. The van der Waals surface area contributed by atoms with Gasteiger partial charge in [0.2, 0.25) is 0 Å². The Hall–Kier alpha value is -3.73. The molecule has 29 heavy (non-hydrogen) atoms. The number of aryl methyl sites for hydroxylation is 1. The van der Waals surface area contributed by atoms with Crippen molar-refractivity contribution in [3.63, 3.8) is 0 Å². The number of carbonyl (C=O) groups is 3. The first-order chi connectivity index (χ1) is 13.9. The fraction of sp³-hybridized carbons (Fsp3) is 0.125. The lowest BCUT2D eigenvalue weighted by Crippen LogP contribution is -2.30. The highest BCUT2D eigenvalue weighted by Gasteiger charge is 2.19. The van der Waals surface area contributed by atoms with Gasteiger partial charge in [0, 0.05) is 16.8 Å². The lowest BCUT2D eigenvalue weighted by molar-refractivity contribution is -0.123. The van der Waals surface area contributed by atoms with Gasteiger partial charge in [-0.25, -0.2) is 4.79 Å². The zero-order valence-corrected chi connectivity index (χ0v) is 16.2. The van der Waals surface area contributed by atoms with E-state index in [1.807, 2.05) is 25.1 Å². The van der Waals surface area contributed by atoms with Crippen molar-refractivity contribution in [1.82, 2.24) is 0 Å². The number of hydrogen-bond acceptors (Lipinski definition) is 4. The lowest BCUT2D eigenvalue weighted by atomic mass is 10.0. The summed E-state index contributed by atoms with van der Waals surface area (Å²) < 4.78 is 5.24. The van der Waals surface area contributed by atoms with Crippen molar-refractivity contribution in [3.05, 3.63) is 101 Å². The molecule has 0 aliphatic rings. The fourth-order valence-corrected chi connectivity index (χ4v) is 2.68. The molecular weight excluding hydrogens is 366 g/mol. The molecule has 0 radical (unpaired) electrons. The van der Waals surface area contributed by atoms with Gasteiger partial charge < -0.3 is 10.1 Å². The molecule has 1 amide bonds. The number of carbonyl (C=O) groups excluding carboxylic acids is 3. The van der Waals surface area contributed by atoms with Crippen molar-refractivity contribution in [3.8, 4) is 0 Å². The molecule has 0 aliphatic carbocycles. The second kappa shape index (κ2) is 8.97. The van der Waals surface area contributed by atoms with E-state index in [9.17, 15) is 14.4 Å². The normalized spacial score (nSPS) is 11.4. The maximum atomic E-state index is 12.4. The third-order valence-corrected chi connectivity index (χ3v) is 4.39. The highest BCUT2D eigenvalue weighted by Crippen LogP contribution is 2.13. The number of esters is 1. The summed E-state index contributed by atoms with van der Waals surface area (Å²) in [7, 11) is 0. The number of rotatable bonds is 6. The molecule has 3 aromatic carbocycles. The van der Waals surface area contributed by atoms with Gasteiger partial charge in [-0.1, -0.05) is 60.2 Å². The SMILES string of the molecule is Cc1ccc(NC(=O)C(C)OC(=O)c2ccc(C(=O)c3ccccc3)cc2)cc1. The van der Waals surface area contributed by atoms with Crippen LogP contribution in [0, 0.1) is 6.92 Å². The molecule has 0 heterocycles. The van der Waals surface area contributed by atoms with E-state index in [1.165, 1.54) is 19.1 Å². The largest absolute Gasteiger partial charge is 0.449 e. The van der Waals surface area contributed by atoms with Crippen LogP contribution in [0.3, 0.4) is 0 Å². The van der Waals surface area contributed by atoms with Gasteiger partial charge in [0.25, 0.3) is 5.91 Å². The summed E-state index contributed by atoms with van der Waals surface area (Å²) in [5.74, 6) is -1.18. The number of ether oxygens (including phenoxy) is 1. The summed E-state index contributed by atoms with van der Waals surface area (Å²) in [6.07, 6.45) is -0.963. The van der Waals surface area contributed by atoms with E-state index >= 15 is 0 Å². The Morgan fingerprint density at radius 1 is 0.759 bits per heavy atom. The summed E-state index contributed by atoms with van der Waals surface area (Å²) in [6, 6.07) is 22.4. The summed E-state index contributed by atoms with van der Waals surface area (Å²) in [5.41, 5.74) is 3.02. The molecule has 0 saturated carbocycles. The third-order valence-electron chi connectivity index (χ3n) is 4.39. The van der Waals surface area contributed by atoms with E-state index in [1.54, 1.807) is 48.5 Å². The van der Waals surface area contributed by atoms with Gasteiger partial charge in [-0.3, -0.25) is 9.59 Å². The van der Waals surface area contributed by atoms with Gasteiger partial charge in [-0.15, -0.1) is 0 Å². The first kappa shape index (κ1) is 20.0. The molecule has 1 N–H and O–H groups in total. The minimum Gasteiger partial charge on any atom is -0.449 e. The third kappa shape index (κ3) is 5.17. The molecule has 0 fully saturated rings. The zero-order valence-electron chi connectivity index (χ0n) is 16.2. The molecule has 5 nitrogen and oxygen atoms in total. The lowest BCUT2D eigenvalue weighted by Gasteiger charge is -2.14. The highest BCUT2D eigenvalue weighted by molar-refractivity contribution is 6.09. The molecule has 3 aromatic rings. The van der Waals surface area contributed by atoms with Crippen LogP contribution in [0.4, 0.5) is 5.69 Å². The Balaban J connectivity index is 1.60. The first-order valence-corrected chi connectivity index (χ1v) is 9.22. The van der Waals surface area contributed by atoms with Crippen LogP contribution in [0.5, 0.6) is 0 Å². The zero-order chi connectivity index (χ0) is 20.8. The van der Waals surface area contributed by atoms with Gasteiger partial charge in [0.05, 0.1) is 5.56 Å². The molecule has 1 atom stereocenters. The van der Waals surface area contributed by atoms with Gasteiger partial charge >= 0.3 is 5.97 Å². The van der Waals surface area contributed by atoms with Gasteiger partial charge in [0.1, 0.15) is 0 Å². The second-order valence-electron chi connectivity index (χ2n) is 6.68. The number of anilines is 1. The van der Waals surface area contributed by atoms with Crippen molar-refractivity contribution in [2.75, 3.05) is 5.32 Å². The van der Waals surface area contributed by atoms with E-state index < -0.39 is 18.0 Å². The van der Waals surface area contributed by atoms with Crippen molar-refractivity contribution >= 4 is 23.3 Å². The second-order valence-corrected chi connectivity index (χ2v) is 6.68. The minimum atomic E-state index is -0.963. The van der Waals surface area contributed by atoms with Crippen LogP contribution in [0.25, 0.3) is 0 Å². The Bertz CT molecular complexity index is 1010. The minimum absolute atomic E-state index is 0.128. The van der Waals surface area contributed by atoms with Crippen molar-refractivity contribution in [2.45, 2.75) is 20.0 Å². The van der Waals surface area contributed by atoms with Crippen LogP contribution in [0.15, 0.2) is 78.9 Å². The molecule has 0 saturated heterocycles. The summed E-state index contributed by atoms with van der Waals surface area (Å²) >= 11 is 0. The van der Waals surface area contributed by atoms with Gasteiger partial charge in [-0.05, 0) is 38.1 Å². The molecule has 0 aliphatic heterocycles. The molecule has 3 rings (SSSR count). The molecule has 0 bridgehead atoms. The van der Waals surface area contributed by atoms with Crippen molar-refractivity contribution in [1.29, 1.82) is 0 Å². The predicted octanol–water partition coefficient (Wildman–Crippen LogP) is 4.41. The average molecular weight is 387 g/mol. The van der Waals surface area contributed by atoms with Crippen molar-refractivity contribution < 1.29 is 19.1 Å². The van der Waals surface area contributed by atoms with Crippen LogP contribution in [0.1, 0.15) is 38.8 Å². The van der Waals surface area contributed by atoms with Crippen LogP contribution < -0.4 is 5.32 Å². The van der Waals surface area contributed by atoms with E-state index in [-0.39, 0.29) is 11.3 Å². The smallest absolute Gasteiger partial charge is 0.338 e. The van der Waals surface area contributed by atoms with Gasteiger partial charge in [0.15, 0.2) is 11.9 Å². The molecule has 1 unspecified atom stereocenters. The van der Waals surface area contributed by atoms with Crippen LogP contribution >= 0.6 is 0 Å². The number of ketones is 1. The maximum Gasteiger partial charge on any atom is 0.338 e. The molecule has 146 valence electrons. The van der Waals surface area contributed by atoms with Crippen molar-refractivity contribution in [2.24, 2.45) is 0 Å². The summed E-state index contributed by atoms with van der Waals surface area (Å²) in [5, 5.41) is 2.71. The van der Waals surface area contributed by atoms with E-state index in [0.717, 1.165) is 5.56 Å². The fourth-order valence-electron chi connectivity index (χ4n) is 2.68. The van der Waals surface area contributed by atoms with Crippen LogP contribution in [-0.4, -0.2) is 23.8 Å². The number of nitrogens with one attached hydrogen (secondary N) is 1. The summed E-state index contributed by atoms with van der Waals surface area (Å²) in [4.78, 5) is 37.0. The quantitative estimate of drug-likeness (QED) is 0.502. The highest BCUT2D eigenvalue weighted by atomic mass is 16.5. The Morgan fingerprint density at radius 2 is 1.31 bits per heavy atom. The van der Waals surface area contributed by atoms with E-state index in [2.05, 4.69) is 5.32 Å².